The molecule has 0 aliphatic carbocycles. The van der Waals surface area contributed by atoms with Gasteiger partial charge in [-0.1, -0.05) is 233 Å². The van der Waals surface area contributed by atoms with E-state index >= 15 is 0 Å². The Morgan fingerprint density at radius 1 is 0.296 bits per heavy atom. The Balaban J connectivity index is 4.15. The first-order valence-corrected chi connectivity index (χ1v) is 24.0. The van der Waals surface area contributed by atoms with E-state index in [1.54, 1.807) is 0 Å². The zero-order valence-electron chi connectivity index (χ0n) is 36.5. The number of rotatable bonds is 44. The molecule has 0 aromatic carbocycles. The Kier molecular flexibility index (Phi) is 42.8. The lowest BCUT2D eigenvalue weighted by atomic mass is 10.0. The molecule has 1 atom stereocenters. The Hall–Kier alpha value is -1.59. The zero-order chi connectivity index (χ0) is 39.4. The molecule has 0 saturated carbocycles. The molecule has 0 aliphatic heterocycles. The highest BCUT2D eigenvalue weighted by molar-refractivity contribution is 5.71. The molecule has 0 aromatic rings. The molecule has 6 nitrogen and oxygen atoms in total. The van der Waals surface area contributed by atoms with Crippen LogP contribution >= 0.6 is 0 Å². The van der Waals surface area contributed by atoms with Crippen molar-refractivity contribution >= 4 is 17.9 Å². The Morgan fingerprint density at radius 2 is 0.500 bits per heavy atom. The summed E-state index contributed by atoms with van der Waals surface area (Å²) in [6, 6.07) is 0. The fourth-order valence-electron chi connectivity index (χ4n) is 7.21. The van der Waals surface area contributed by atoms with Crippen LogP contribution in [0.5, 0.6) is 0 Å². The van der Waals surface area contributed by atoms with Gasteiger partial charge in [-0.25, -0.2) is 0 Å². The smallest absolute Gasteiger partial charge is 0.306 e. The molecule has 0 spiro atoms. The van der Waals surface area contributed by atoms with E-state index in [0.29, 0.717) is 19.3 Å². The molecule has 0 aliphatic rings. The summed E-state index contributed by atoms with van der Waals surface area (Å²) in [5.41, 5.74) is 0. The van der Waals surface area contributed by atoms with E-state index in [9.17, 15) is 14.4 Å². The summed E-state index contributed by atoms with van der Waals surface area (Å²) in [7, 11) is 0. The van der Waals surface area contributed by atoms with E-state index in [2.05, 4.69) is 20.8 Å². The van der Waals surface area contributed by atoms with Crippen LogP contribution in [0.25, 0.3) is 0 Å². The van der Waals surface area contributed by atoms with Crippen molar-refractivity contribution in [3.05, 3.63) is 0 Å². The van der Waals surface area contributed by atoms with E-state index in [4.69, 9.17) is 14.2 Å². The summed E-state index contributed by atoms with van der Waals surface area (Å²) in [6.45, 7) is 6.62. The van der Waals surface area contributed by atoms with Crippen LogP contribution in [0.15, 0.2) is 0 Å². The van der Waals surface area contributed by atoms with E-state index in [0.717, 1.165) is 57.8 Å². The monoisotopic (exact) mass is 765 g/mol. The minimum atomic E-state index is -0.757. The Labute approximate surface area is 336 Å². The maximum Gasteiger partial charge on any atom is 0.306 e. The average Bonchev–Trinajstić information content (AvgIpc) is 3.17. The SMILES string of the molecule is CCCCCCCCCCCCCCCCCCCCC(=O)OC[C@@H](COC(=O)CCCCCCCCCCCCC)OC(=O)CCCCCCCCC. The van der Waals surface area contributed by atoms with Gasteiger partial charge < -0.3 is 14.2 Å². The molecule has 0 unspecified atom stereocenters. The molecule has 0 radical (unpaired) electrons. The predicted molar refractivity (Wildman–Crippen MR) is 229 cm³/mol. The Bertz CT molecular complexity index is 798. The predicted octanol–water partition coefficient (Wildman–Crippen LogP) is 15.3. The lowest BCUT2D eigenvalue weighted by Gasteiger charge is -2.18. The summed E-state index contributed by atoms with van der Waals surface area (Å²) in [4.78, 5) is 37.6. The third-order valence-electron chi connectivity index (χ3n) is 10.9. The number of esters is 3. The molecular formula is C48H92O6. The molecule has 0 bridgehead atoms. The molecular weight excluding hydrogens is 673 g/mol. The molecule has 0 fully saturated rings. The molecule has 0 saturated heterocycles. The number of ether oxygens (including phenoxy) is 3. The highest BCUT2D eigenvalue weighted by Gasteiger charge is 2.19. The van der Waals surface area contributed by atoms with Crippen molar-refractivity contribution < 1.29 is 28.6 Å². The van der Waals surface area contributed by atoms with Crippen molar-refractivity contribution in [3.63, 3.8) is 0 Å². The lowest BCUT2D eigenvalue weighted by molar-refractivity contribution is -0.167. The van der Waals surface area contributed by atoms with Gasteiger partial charge in [-0.15, -0.1) is 0 Å². The summed E-state index contributed by atoms with van der Waals surface area (Å²) in [5.74, 6) is -0.856. The molecule has 0 N–H and O–H groups in total. The van der Waals surface area contributed by atoms with Gasteiger partial charge in [0.15, 0.2) is 6.10 Å². The largest absolute Gasteiger partial charge is 0.462 e. The molecule has 6 heteroatoms. The summed E-state index contributed by atoms with van der Waals surface area (Å²) in [6.07, 6.45) is 45.3. The molecule has 54 heavy (non-hydrogen) atoms. The van der Waals surface area contributed by atoms with E-state index in [-0.39, 0.29) is 31.1 Å². The third kappa shape index (κ3) is 41.6. The Morgan fingerprint density at radius 3 is 0.741 bits per heavy atom. The van der Waals surface area contributed by atoms with E-state index in [1.807, 2.05) is 0 Å². The van der Waals surface area contributed by atoms with Crippen LogP contribution < -0.4 is 0 Å². The van der Waals surface area contributed by atoms with Crippen LogP contribution in [0.3, 0.4) is 0 Å². The van der Waals surface area contributed by atoms with Crippen molar-refractivity contribution in [3.8, 4) is 0 Å². The lowest BCUT2D eigenvalue weighted by Crippen LogP contribution is -2.30. The summed E-state index contributed by atoms with van der Waals surface area (Å²) in [5, 5.41) is 0. The summed E-state index contributed by atoms with van der Waals surface area (Å²) >= 11 is 0. The van der Waals surface area contributed by atoms with Crippen LogP contribution in [-0.2, 0) is 28.6 Å². The van der Waals surface area contributed by atoms with Crippen molar-refractivity contribution in [2.24, 2.45) is 0 Å². The van der Waals surface area contributed by atoms with E-state index < -0.39 is 6.10 Å². The average molecular weight is 765 g/mol. The molecule has 0 aromatic heterocycles. The normalized spacial score (nSPS) is 11.8. The third-order valence-corrected chi connectivity index (χ3v) is 10.9. The minimum Gasteiger partial charge on any atom is -0.462 e. The van der Waals surface area contributed by atoms with Gasteiger partial charge in [-0.3, -0.25) is 14.4 Å². The number of carbonyl (C=O) groups is 3. The highest BCUT2D eigenvalue weighted by atomic mass is 16.6. The van der Waals surface area contributed by atoms with Gasteiger partial charge >= 0.3 is 17.9 Å². The van der Waals surface area contributed by atoms with Crippen LogP contribution in [0.1, 0.15) is 271 Å². The molecule has 320 valence electrons. The summed E-state index contributed by atoms with van der Waals surface area (Å²) < 4.78 is 16.7. The fraction of sp³-hybridized carbons (Fsp3) is 0.938. The zero-order valence-corrected chi connectivity index (χ0v) is 36.5. The molecule has 0 heterocycles. The van der Waals surface area contributed by atoms with Crippen molar-refractivity contribution in [1.82, 2.24) is 0 Å². The first kappa shape index (κ1) is 52.4. The topological polar surface area (TPSA) is 78.9 Å². The minimum absolute atomic E-state index is 0.0631. The van der Waals surface area contributed by atoms with Gasteiger partial charge in [-0.2, -0.15) is 0 Å². The standard InChI is InChI=1S/C48H92O6/c1-4-7-10-13-16-18-20-21-22-23-24-25-26-28-30-33-35-38-41-47(50)53-44-45(54-48(51)42-39-36-31-15-12-9-6-3)43-52-46(49)40-37-34-32-29-27-19-17-14-11-8-5-2/h45H,4-44H2,1-3H3/t45-/m1/s1. The first-order valence-electron chi connectivity index (χ1n) is 24.0. The number of unbranched alkanes of at least 4 members (excludes halogenated alkanes) is 33. The second-order valence-corrected chi connectivity index (χ2v) is 16.4. The van der Waals surface area contributed by atoms with Crippen LogP contribution in [-0.4, -0.2) is 37.2 Å². The maximum absolute atomic E-state index is 12.6. The van der Waals surface area contributed by atoms with Crippen molar-refractivity contribution in [1.29, 1.82) is 0 Å². The van der Waals surface area contributed by atoms with Gasteiger partial charge in [0.05, 0.1) is 0 Å². The number of hydrogen-bond acceptors (Lipinski definition) is 6. The fourth-order valence-corrected chi connectivity index (χ4v) is 7.21. The van der Waals surface area contributed by atoms with Crippen LogP contribution in [0.4, 0.5) is 0 Å². The first-order chi connectivity index (χ1) is 26.5. The van der Waals surface area contributed by atoms with Gasteiger partial charge in [0.2, 0.25) is 0 Å². The van der Waals surface area contributed by atoms with E-state index in [1.165, 1.54) is 173 Å². The van der Waals surface area contributed by atoms with Gasteiger partial charge in [0.1, 0.15) is 13.2 Å². The van der Waals surface area contributed by atoms with Gasteiger partial charge in [0, 0.05) is 19.3 Å². The van der Waals surface area contributed by atoms with Crippen LogP contribution in [0.2, 0.25) is 0 Å². The maximum atomic E-state index is 12.6. The van der Waals surface area contributed by atoms with Gasteiger partial charge in [0.25, 0.3) is 0 Å². The number of hydrogen-bond donors (Lipinski definition) is 0. The number of carbonyl (C=O) groups excluding carboxylic acids is 3. The van der Waals surface area contributed by atoms with Crippen molar-refractivity contribution in [2.75, 3.05) is 13.2 Å². The van der Waals surface area contributed by atoms with Crippen molar-refractivity contribution in [2.45, 2.75) is 277 Å². The second kappa shape index (κ2) is 44.1. The quantitative estimate of drug-likeness (QED) is 0.0349. The van der Waals surface area contributed by atoms with Gasteiger partial charge in [-0.05, 0) is 19.3 Å². The van der Waals surface area contributed by atoms with Crippen LogP contribution in [0, 0.1) is 0 Å². The molecule has 0 rings (SSSR count). The second-order valence-electron chi connectivity index (χ2n) is 16.4. The highest BCUT2D eigenvalue weighted by Crippen LogP contribution is 2.16. The molecule has 0 amide bonds.